The van der Waals surface area contributed by atoms with E-state index < -0.39 is 0 Å². The zero-order chi connectivity index (χ0) is 15.7. The first-order valence-electron chi connectivity index (χ1n) is 6.58. The van der Waals surface area contributed by atoms with E-state index >= 15 is 0 Å². The highest BCUT2D eigenvalue weighted by atomic mass is 32.2. The number of rotatable bonds is 3. The van der Waals surface area contributed by atoms with Gasteiger partial charge in [0, 0.05) is 4.88 Å². The average Bonchev–Trinajstić information content (AvgIpc) is 3.00. The third-order valence-corrected chi connectivity index (χ3v) is 5.16. The summed E-state index contributed by atoms with van der Waals surface area (Å²) in [6.07, 6.45) is 1.76. The smallest absolute Gasteiger partial charge is 0.268 e. The first-order chi connectivity index (χ1) is 10.5. The molecule has 2 amide bonds. The molecule has 0 N–H and O–H groups in total. The standard InChI is InChI=1S/C16H12FNO2S2/c1-10-6-7-21-13(10)8-14-15(19)18(16(20)22-14)9-11-2-4-12(17)5-3-11/h2-8H,9H2,1H3. The number of halogens is 1. The van der Waals surface area contributed by atoms with Crippen molar-refractivity contribution in [2.75, 3.05) is 0 Å². The van der Waals surface area contributed by atoms with Gasteiger partial charge in [-0.15, -0.1) is 11.3 Å². The van der Waals surface area contributed by atoms with Gasteiger partial charge in [-0.1, -0.05) is 12.1 Å². The van der Waals surface area contributed by atoms with E-state index in [-0.39, 0.29) is 23.5 Å². The van der Waals surface area contributed by atoms with Crippen molar-refractivity contribution in [3.63, 3.8) is 0 Å². The van der Waals surface area contributed by atoms with Gasteiger partial charge >= 0.3 is 0 Å². The number of carbonyl (C=O) groups excluding carboxylic acids is 2. The third-order valence-electron chi connectivity index (χ3n) is 3.29. The molecule has 0 unspecified atom stereocenters. The lowest BCUT2D eigenvalue weighted by Crippen LogP contribution is -2.27. The molecule has 1 aliphatic rings. The summed E-state index contributed by atoms with van der Waals surface area (Å²) in [4.78, 5) is 27.0. The summed E-state index contributed by atoms with van der Waals surface area (Å²) in [5, 5.41) is 1.65. The maximum absolute atomic E-state index is 12.9. The lowest BCUT2D eigenvalue weighted by atomic mass is 10.2. The first kappa shape index (κ1) is 15.0. The molecule has 3 rings (SSSR count). The van der Waals surface area contributed by atoms with Gasteiger partial charge in [-0.2, -0.15) is 0 Å². The Balaban J connectivity index is 1.81. The molecule has 6 heteroatoms. The van der Waals surface area contributed by atoms with Crippen molar-refractivity contribution >= 4 is 40.3 Å². The fraction of sp³-hybridized carbons (Fsp3) is 0.125. The highest BCUT2D eigenvalue weighted by Crippen LogP contribution is 2.34. The highest BCUT2D eigenvalue weighted by Gasteiger charge is 2.35. The Kier molecular flexibility index (Phi) is 4.13. The van der Waals surface area contributed by atoms with E-state index in [9.17, 15) is 14.0 Å². The Hall–Kier alpha value is -1.92. The SMILES string of the molecule is Cc1ccsc1C=C1SC(=O)N(Cc2ccc(F)cc2)C1=O. The Morgan fingerprint density at radius 1 is 1.18 bits per heavy atom. The minimum Gasteiger partial charge on any atom is -0.268 e. The minimum absolute atomic E-state index is 0.158. The van der Waals surface area contributed by atoms with E-state index in [1.165, 1.54) is 28.4 Å². The summed E-state index contributed by atoms with van der Waals surface area (Å²) in [7, 11) is 0. The Morgan fingerprint density at radius 2 is 1.91 bits per heavy atom. The molecular formula is C16H12FNO2S2. The maximum atomic E-state index is 12.9. The van der Waals surface area contributed by atoms with Crippen molar-refractivity contribution < 1.29 is 14.0 Å². The van der Waals surface area contributed by atoms with Crippen LogP contribution in [0.15, 0.2) is 40.6 Å². The maximum Gasteiger partial charge on any atom is 0.293 e. The summed E-state index contributed by atoms with van der Waals surface area (Å²) in [5.41, 5.74) is 1.80. The number of aryl methyl sites for hydroxylation is 1. The van der Waals surface area contributed by atoms with Gasteiger partial charge < -0.3 is 0 Å². The van der Waals surface area contributed by atoms with Gasteiger partial charge in [0.25, 0.3) is 11.1 Å². The van der Waals surface area contributed by atoms with Crippen LogP contribution in [0.3, 0.4) is 0 Å². The van der Waals surface area contributed by atoms with Gasteiger partial charge in [0.15, 0.2) is 0 Å². The number of thiophene rings is 1. The van der Waals surface area contributed by atoms with Gasteiger partial charge in [-0.25, -0.2) is 4.39 Å². The number of nitrogens with zero attached hydrogens (tertiary/aromatic N) is 1. The van der Waals surface area contributed by atoms with Crippen LogP contribution < -0.4 is 0 Å². The molecule has 0 atom stereocenters. The molecule has 2 heterocycles. The van der Waals surface area contributed by atoms with Crippen LogP contribution in [-0.2, 0) is 11.3 Å². The number of thioether (sulfide) groups is 1. The van der Waals surface area contributed by atoms with Gasteiger partial charge in [-0.05, 0) is 59.5 Å². The van der Waals surface area contributed by atoms with E-state index in [0.717, 1.165) is 27.8 Å². The molecule has 1 saturated heterocycles. The summed E-state index contributed by atoms with van der Waals surface area (Å²) < 4.78 is 12.9. The molecule has 1 aromatic carbocycles. The molecule has 22 heavy (non-hydrogen) atoms. The molecule has 0 saturated carbocycles. The predicted octanol–water partition coefficient (Wildman–Crippen LogP) is 4.43. The van der Waals surface area contributed by atoms with E-state index in [2.05, 4.69) is 0 Å². The Morgan fingerprint density at radius 3 is 2.55 bits per heavy atom. The number of imide groups is 1. The molecule has 0 radical (unpaired) electrons. The van der Waals surface area contributed by atoms with Crippen LogP contribution in [0.1, 0.15) is 16.0 Å². The molecule has 3 nitrogen and oxygen atoms in total. The second-order valence-corrected chi connectivity index (χ2v) is 6.80. The number of hydrogen-bond acceptors (Lipinski definition) is 4. The van der Waals surface area contributed by atoms with Crippen molar-refractivity contribution in [2.24, 2.45) is 0 Å². The van der Waals surface area contributed by atoms with E-state index in [1.807, 2.05) is 18.4 Å². The molecule has 112 valence electrons. The lowest BCUT2D eigenvalue weighted by molar-refractivity contribution is -0.123. The van der Waals surface area contributed by atoms with Crippen LogP contribution in [0.4, 0.5) is 9.18 Å². The van der Waals surface area contributed by atoms with Crippen LogP contribution in [-0.4, -0.2) is 16.0 Å². The molecule has 0 bridgehead atoms. The summed E-state index contributed by atoms with van der Waals surface area (Å²) >= 11 is 2.48. The summed E-state index contributed by atoms with van der Waals surface area (Å²) in [6.45, 7) is 2.12. The van der Waals surface area contributed by atoms with E-state index in [1.54, 1.807) is 18.2 Å². The monoisotopic (exact) mass is 333 g/mol. The molecular weight excluding hydrogens is 321 g/mol. The van der Waals surface area contributed by atoms with Crippen LogP contribution in [0, 0.1) is 12.7 Å². The van der Waals surface area contributed by atoms with Crippen molar-refractivity contribution in [3.05, 3.63) is 62.4 Å². The van der Waals surface area contributed by atoms with Crippen molar-refractivity contribution in [3.8, 4) is 0 Å². The van der Waals surface area contributed by atoms with Crippen molar-refractivity contribution in [2.45, 2.75) is 13.5 Å². The number of hydrogen-bond donors (Lipinski definition) is 0. The van der Waals surface area contributed by atoms with Gasteiger partial charge in [0.1, 0.15) is 5.82 Å². The summed E-state index contributed by atoms with van der Waals surface area (Å²) in [6, 6.07) is 7.76. The Bertz CT molecular complexity index is 765. The summed E-state index contributed by atoms with van der Waals surface area (Å²) in [5.74, 6) is -0.641. The average molecular weight is 333 g/mol. The fourth-order valence-electron chi connectivity index (χ4n) is 2.06. The second kappa shape index (κ2) is 6.06. The highest BCUT2D eigenvalue weighted by molar-refractivity contribution is 8.18. The first-order valence-corrected chi connectivity index (χ1v) is 8.28. The molecule has 1 aromatic heterocycles. The van der Waals surface area contributed by atoms with E-state index in [0.29, 0.717) is 4.91 Å². The molecule has 1 fully saturated rings. The van der Waals surface area contributed by atoms with Crippen molar-refractivity contribution in [1.82, 2.24) is 4.90 Å². The molecule has 2 aromatic rings. The van der Waals surface area contributed by atoms with Crippen LogP contribution in [0.2, 0.25) is 0 Å². The van der Waals surface area contributed by atoms with Crippen LogP contribution in [0.5, 0.6) is 0 Å². The minimum atomic E-state index is -0.342. The molecule has 0 spiro atoms. The number of amides is 2. The number of benzene rings is 1. The number of carbonyl (C=O) groups is 2. The van der Waals surface area contributed by atoms with Gasteiger partial charge in [0.05, 0.1) is 11.4 Å². The van der Waals surface area contributed by atoms with Crippen LogP contribution in [0.25, 0.3) is 6.08 Å². The van der Waals surface area contributed by atoms with Crippen LogP contribution >= 0.6 is 23.1 Å². The normalized spacial score (nSPS) is 16.8. The van der Waals surface area contributed by atoms with Gasteiger partial charge in [-0.3, -0.25) is 14.5 Å². The second-order valence-electron chi connectivity index (χ2n) is 4.86. The Labute approximate surface area is 135 Å². The topological polar surface area (TPSA) is 37.4 Å². The van der Waals surface area contributed by atoms with Crippen molar-refractivity contribution in [1.29, 1.82) is 0 Å². The zero-order valence-corrected chi connectivity index (χ0v) is 13.3. The lowest BCUT2D eigenvalue weighted by Gasteiger charge is -2.12. The molecule has 0 aliphatic carbocycles. The third kappa shape index (κ3) is 2.98. The molecule has 1 aliphatic heterocycles. The predicted molar refractivity (Wildman–Crippen MR) is 87.0 cm³/mol. The van der Waals surface area contributed by atoms with E-state index in [4.69, 9.17) is 0 Å². The quantitative estimate of drug-likeness (QED) is 0.780. The zero-order valence-electron chi connectivity index (χ0n) is 11.7. The van der Waals surface area contributed by atoms with Gasteiger partial charge in [0.2, 0.25) is 0 Å². The largest absolute Gasteiger partial charge is 0.293 e. The fourth-order valence-corrected chi connectivity index (χ4v) is 3.81.